The largest absolute Gasteiger partial charge is 0.324 e. The highest BCUT2D eigenvalue weighted by Gasteiger charge is 2.23. The summed E-state index contributed by atoms with van der Waals surface area (Å²) < 4.78 is 0. The predicted octanol–water partition coefficient (Wildman–Crippen LogP) is 3.56. The van der Waals surface area contributed by atoms with Crippen LogP contribution in [-0.2, 0) is 0 Å². The highest BCUT2D eigenvalue weighted by molar-refractivity contribution is 5.85. The highest BCUT2D eigenvalue weighted by Crippen LogP contribution is 2.33. The van der Waals surface area contributed by atoms with Crippen LogP contribution in [0.4, 0.5) is 0 Å². The average molecular weight is 251 g/mol. The molecule has 0 heterocycles. The molecule has 0 radical (unpaired) electrons. The van der Waals surface area contributed by atoms with E-state index in [1.54, 1.807) is 0 Å². The van der Waals surface area contributed by atoms with Gasteiger partial charge in [0.25, 0.3) is 0 Å². The second-order valence-corrected chi connectivity index (χ2v) is 4.62. The van der Waals surface area contributed by atoms with Crippen LogP contribution in [0.5, 0.6) is 0 Å². The summed E-state index contributed by atoms with van der Waals surface area (Å²) in [6, 6.07) is 10.0. The Balaban J connectivity index is 0.00000144. The number of hydrogen-bond acceptors (Lipinski definition) is 2. The van der Waals surface area contributed by atoms with Crippen molar-refractivity contribution in [3.63, 3.8) is 0 Å². The quantitative estimate of drug-likeness (QED) is 0.873. The van der Waals surface area contributed by atoms with Crippen LogP contribution in [-0.4, -0.2) is 0 Å². The van der Waals surface area contributed by atoms with Gasteiger partial charge in [0.1, 0.15) is 0 Å². The van der Waals surface area contributed by atoms with Gasteiger partial charge in [-0.1, -0.05) is 37.5 Å². The summed E-state index contributed by atoms with van der Waals surface area (Å²) in [5.74, 6) is 0.559. The maximum absolute atomic E-state index is 9.06. The molecule has 0 bridgehead atoms. The van der Waals surface area contributed by atoms with Crippen LogP contribution in [0.15, 0.2) is 24.3 Å². The van der Waals surface area contributed by atoms with Crippen LogP contribution in [0.3, 0.4) is 0 Å². The van der Waals surface area contributed by atoms with E-state index in [0.717, 1.165) is 11.1 Å². The van der Waals surface area contributed by atoms with E-state index in [4.69, 9.17) is 11.0 Å². The molecule has 2 nitrogen and oxygen atoms in total. The van der Waals surface area contributed by atoms with Crippen molar-refractivity contribution < 1.29 is 0 Å². The van der Waals surface area contributed by atoms with Gasteiger partial charge >= 0.3 is 0 Å². The number of nitrogens with two attached hydrogens (primary N) is 1. The summed E-state index contributed by atoms with van der Waals surface area (Å²) >= 11 is 0. The summed E-state index contributed by atoms with van der Waals surface area (Å²) in [7, 11) is 0. The lowest BCUT2D eigenvalue weighted by molar-refractivity contribution is 0.308. The predicted molar refractivity (Wildman–Crippen MR) is 71.9 cm³/mol. The number of hydrogen-bond donors (Lipinski definition) is 1. The lowest BCUT2D eigenvalue weighted by Gasteiger charge is -2.28. The third-order valence-corrected chi connectivity index (χ3v) is 3.60. The first-order chi connectivity index (χ1) is 7.83. The molecule has 0 aromatic heterocycles. The number of nitrogens with zero attached hydrogens (tertiary/aromatic N) is 1. The van der Waals surface area contributed by atoms with Crippen molar-refractivity contribution in [3.8, 4) is 6.07 Å². The van der Waals surface area contributed by atoms with Crippen LogP contribution in [0.2, 0.25) is 0 Å². The minimum absolute atomic E-state index is 0. The Morgan fingerprint density at radius 2 is 1.82 bits per heavy atom. The van der Waals surface area contributed by atoms with E-state index in [1.165, 1.54) is 32.1 Å². The average Bonchev–Trinajstić information content (AvgIpc) is 2.39. The van der Waals surface area contributed by atoms with Crippen molar-refractivity contribution in [2.75, 3.05) is 0 Å². The van der Waals surface area contributed by atoms with Gasteiger partial charge in [-0.25, -0.2) is 0 Å². The summed E-state index contributed by atoms with van der Waals surface area (Å²) in [4.78, 5) is 0. The smallest absolute Gasteiger partial charge is 0.0995 e. The molecule has 0 aliphatic heterocycles. The molecule has 1 aromatic rings. The maximum Gasteiger partial charge on any atom is 0.0995 e. The highest BCUT2D eigenvalue weighted by atomic mass is 35.5. The monoisotopic (exact) mass is 250 g/mol. The van der Waals surface area contributed by atoms with Crippen LogP contribution >= 0.6 is 12.4 Å². The fourth-order valence-corrected chi connectivity index (χ4v) is 2.64. The van der Waals surface area contributed by atoms with Gasteiger partial charge in [0.15, 0.2) is 0 Å². The van der Waals surface area contributed by atoms with E-state index in [2.05, 4.69) is 6.07 Å². The van der Waals surface area contributed by atoms with Gasteiger partial charge in [-0.2, -0.15) is 5.26 Å². The summed E-state index contributed by atoms with van der Waals surface area (Å²) in [5, 5.41) is 9.06. The molecule has 2 N–H and O–H groups in total. The Hall–Kier alpha value is -1.04. The van der Waals surface area contributed by atoms with E-state index in [9.17, 15) is 0 Å². The van der Waals surface area contributed by atoms with Crippen molar-refractivity contribution in [1.82, 2.24) is 0 Å². The van der Waals surface area contributed by atoms with Crippen molar-refractivity contribution >= 4 is 12.4 Å². The molecule has 0 unspecified atom stereocenters. The molecule has 2 rings (SSSR count). The Morgan fingerprint density at radius 1 is 1.18 bits per heavy atom. The van der Waals surface area contributed by atoms with Gasteiger partial charge in [-0.05, 0) is 30.4 Å². The zero-order valence-electron chi connectivity index (χ0n) is 9.93. The summed E-state index contributed by atoms with van der Waals surface area (Å²) in [6.45, 7) is 0. The lowest BCUT2D eigenvalue weighted by Crippen LogP contribution is -2.24. The molecule has 1 saturated carbocycles. The molecule has 0 spiro atoms. The van der Waals surface area contributed by atoms with E-state index >= 15 is 0 Å². The van der Waals surface area contributed by atoms with Gasteiger partial charge in [0.2, 0.25) is 0 Å². The van der Waals surface area contributed by atoms with Crippen LogP contribution in [0.25, 0.3) is 0 Å². The first kappa shape index (κ1) is 14.0. The molecule has 1 aromatic carbocycles. The molecule has 3 heteroatoms. The second-order valence-electron chi connectivity index (χ2n) is 4.62. The van der Waals surface area contributed by atoms with Crippen molar-refractivity contribution in [2.24, 2.45) is 11.7 Å². The van der Waals surface area contributed by atoms with E-state index < -0.39 is 0 Å². The molecule has 1 aliphatic carbocycles. The van der Waals surface area contributed by atoms with Gasteiger partial charge in [0, 0.05) is 6.04 Å². The van der Waals surface area contributed by atoms with Crippen molar-refractivity contribution in [3.05, 3.63) is 35.4 Å². The summed E-state index contributed by atoms with van der Waals surface area (Å²) in [5.41, 5.74) is 8.06. The first-order valence-corrected chi connectivity index (χ1v) is 6.07. The van der Waals surface area contributed by atoms with Crippen LogP contribution in [0.1, 0.15) is 49.3 Å². The van der Waals surface area contributed by atoms with Gasteiger partial charge in [-0.15, -0.1) is 12.4 Å². The Morgan fingerprint density at radius 3 is 2.47 bits per heavy atom. The second kappa shape index (κ2) is 6.64. The molecule has 17 heavy (non-hydrogen) atoms. The molecule has 1 fully saturated rings. The molecular formula is C14H19ClN2. The molecule has 0 saturated heterocycles. The summed E-state index contributed by atoms with van der Waals surface area (Å²) in [6.07, 6.45) is 6.32. The molecule has 1 atom stereocenters. The molecule has 1 aliphatic rings. The molecular weight excluding hydrogens is 232 g/mol. The molecule has 0 amide bonds. The topological polar surface area (TPSA) is 49.8 Å². The van der Waals surface area contributed by atoms with E-state index in [0.29, 0.717) is 5.92 Å². The zero-order chi connectivity index (χ0) is 11.4. The number of halogens is 1. The van der Waals surface area contributed by atoms with Gasteiger partial charge < -0.3 is 5.73 Å². The fourth-order valence-electron chi connectivity index (χ4n) is 2.64. The third kappa shape index (κ3) is 3.21. The van der Waals surface area contributed by atoms with Gasteiger partial charge in [-0.3, -0.25) is 0 Å². The van der Waals surface area contributed by atoms with E-state index in [1.807, 2.05) is 24.3 Å². The minimum Gasteiger partial charge on any atom is -0.324 e. The standard InChI is InChI=1S/C14H18N2.ClH/c15-10-12-8-4-5-9-13(12)14(16)11-6-2-1-3-7-11;/h4-5,8-9,11,14H,1-3,6-7,16H2;1H/t14-;/m0./s1. The van der Waals surface area contributed by atoms with Crippen molar-refractivity contribution in [1.29, 1.82) is 5.26 Å². The maximum atomic E-state index is 9.06. The SMILES string of the molecule is Cl.N#Cc1ccccc1[C@@H](N)C1CCCCC1. The Kier molecular flexibility index (Phi) is 5.47. The third-order valence-electron chi connectivity index (χ3n) is 3.60. The van der Waals surface area contributed by atoms with Gasteiger partial charge in [0.05, 0.1) is 11.6 Å². The van der Waals surface area contributed by atoms with Crippen LogP contribution in [0, 0.1) is 17.2 Å². The number of rotatable bonds is 2. The zero-order valence-corrected chi connectivity index (χ0v) is 10.7. The Labute approximate surface area is 109 Å². The number of benzene rings is 1. The van der Waals surface area contributed by atoms with Crippen LogP contribution < -0.4 is 5.73 Å². The molecule has 92 valence electrons. The minimum atomic E-state index is 0. The normalized spacial score (nSPS) is 17.9. The first-order valence-electron chi connectivity index (χ1n) is 6.07. The Bertz CT molecular complexity index is 391. The van der Waals surface area contributed by atoms with E-state index in [-0.39, 0.29) is 18.4 Å². The fraction of sp³-hybridized carbons (Fsp3) is 0.500. The lowest BCUT2D eigenvalue weighted by atomic mass is 9.80. The van der Waals surface area contributed by atoms with Crippen molar-refractivity contribution in [2.45, 2.75) is 38.1 Å². The number of nitriles is 1.